The van der Waals surface area contributed by atoms with E-state index in [2.05, 4.69) is 26.5 Å². The molecule has 1 aromatic carbocycles. The van der Waals surface area contributed by atoms with Crippen molar-refractivity contribution in [1.82, 2.24) is 5.43 Å². The molecule has 2 aromatic rings. The van der Waals surface area contributed by atoms with Crippen LogP contribution in [0.4, 0.5) is 0 Å². The first-order valence-corrected chi connectivity index (χ1v) is 6.21. The van der Waals surface area contributed by atoms with E-state index in [1.807, 2.05) is 18.2 Å². The minimum Gasteiger partial charge on any atom is -0.497 e. The summed E-state index contributed by atoms with van der Waals surface area (Å²) in [4.78, 5) is 11.6. The lowest BCUT2D eigenvalue weighted by molar-refractivity contribution is 0.0926. The van der Waals surface area contributed by atoms with Crippen molar-refractivity contribution in [3.63, 3.8) is 0 Å². The molecule has 0 bridgehead atoms. The zero-order chi connectivity index (χ0) is 13.7. The van der Waals surface area contributed by atoms with E-state index in [-0.39, 0.29) is 5.76 Å². The Morgan fingerprint density at radius 2 is 2.26 bits per heavy atom. The Labute approximate surface area is 118 Å². The number of halogens is 1. The van der Waals surface area contributed by atoms with Crippen molar-refractivity contribution in [2.75, 3.05) is 7.11 Å². The van der Waals surface area contributed by atoms with Crippen LogP contribution in [0.2, 0.25) is 0 Å². The van der Waals surface area contributed by atoms with Crippen molar-refractivity contribution in [2.45, 2.75) is 0 Å². The Morgan fingerprint density at radius 1 is 1.42 bits per heavy atom. The third-order valence-corrected chi connectivity index (χ3v) is 2.70. The number of hydrogen-bond acceptors (Lipinski definition) is 4. The topological polar surface area (TPSA) is 63.8 Å². The Morgan fingerprint density at radius 3 is 2.95 bits per heavy atom. The summed E-state index contributed by atoms with van der Waals surface area (Å²) in [7, 11) is 1.59. The number of carbonyl (C=O) groups excluding carboxylic acids is 1. The lowest BCUT2D eigenvalue weighted by atomic mass is 10.2. The molecule has 0 radical (unpaired) electrons. The van der Waals surface area contributed by atoms with Gasteiger partial charge >= 0.3 is 5.91 Å². The Hall–Kier alpha value is -2.08. The van der Waals surface area contributed by atoms with Gasteiger partial charge in [-0.3, -0.25) is 4.79 Å². The van der Waals surface area contributed by atoms with Crippen LogP contribution in [-0.4, -0.2) is 19.2 Å². The van der Waals surface area contributed by atoms with Crippen LogP contribution in [0.25, 0.3) is 0 Å². The molecule has 0 aliphatic carbocycles. The molecule has 0 fully saturated rings. The summed E-state index contributed by atoms with van der Waals surface area (Å²) in [6.07, 6.45) is 1.53. The van der Waals surface area contributed by atoms with Crippen LogP contribution >= 0.6 is 15.9 Å². The molecule has 2 rings (SSSR count). The van der Waals surface area contributed by atoms with Gasteiger partial charge in [0.05, 0.1) is 13.3 Å². The van der Waals surface area contributed by atoms with Gasteiger partial charge in [0.2, 0.25) is 0 Å². The molecule has 1 aromatic heterocycles. The molecule has 0 saturated heterocycles. The van der Waals surface area contributed by atoms with Gasteiger partial charge in [0.15, 0.2) is 10.4 Å². The number of benzene rings is 1. The van der Waals surface area contributed by atoms with Gasteiger partial charge in [-0.05, 0) is 45.8 Å². The summed E-state index contributed by atoms with van der Waals surface area (Å²) in [5, 5.41) is 3.85. The highest BCUT2D eigenvalue weighted by Crippen LogP contribution is 2.13. The molecule has 5 nitrogen and oxygen atoms in total. The van der Waals surface area contributed by atoms with Crippen LogP contribution in [0.15, 0.2) is 50.6 Å². The average molecular weight is 323 g/mol. The standard InChI is InChI=1S/C13H11BrN2O3/c1-18-10-4-2-3-9(7-10)8-15-16-13(17)11-5-6-12(14)19-11/h2-8H,1H3,(H,16,17). The number of nitrogens with zero attached hydrogens (tertiary/aromatic N) is 1. The highest BCUT2D eigenvalue weighted by atomic mass is 79.9. The maximum atomic E-state index is 11.6. The van der Waals surface area contributed by atoms with Crippen LogP contribution < -0.4 is 10.2 Å². The highest BCUT2D eigenvalue weighted by Gasteiger charge is 2.08. The van der Waals surface area contributed by atoms with Gasteiger partial charge in [-0.1, -0.05) is 12.1 Å². The molecular formula is C13H11BrN2O3. The fraction of sp³-hybridized carbons (Fsp3) is 0.0769. The van der Waals surface area contributed by atoms with Gasteiger partial charge in [-0.2, -0.15) is 5.10 Å². The summed E-state index contributed by atoms with van der Waals surface area (Å²) in [6, 6.07) is 10.5. The summed E-state index contributed by atoms with van der Waals surface area (Å²) in [6.45, 7) is 0. The number of furan rings is 1. The Bertz CT molecular complexity index is 607. The molecule has 1 heterocycles. The lowest BCUT2D eigenvalue weighted by Crippen LogP contribution is -2.16. The van der Waals surface area contributed by atoms with E-state index in [1.54, 1.807) is 25.3 Å². The largest absolute Gasteiger partial charge is 0.497 e. The zero-order valence-corrected chi connectivity index (χ0v) is 11.7. The van der Waals surface area contributed by atoms with Gasteiger partial charge in [0.25, 0.3) is 0 Å². The predicted molar refractivity (Wildman–Crippen MR) is 74.5 cm³/mol. The Balaban J connectivity index is 1.97. The smallest absolute Gasteiger partial charge is 0.307 e. The predicted octanol–water partition coefficient (Wildman–Crippen LogP) is 2.81. The first kappa shape index (κ1) is 13.4. The van der Waals surface area contributed by atoms with Gasteiger partial charge in [-0.25, -0.2) is 5.43 Å². The van der Waals surface area contributed by atoms with E-state index in [9.17, 15) is 4.79 Å². The first-order chi connectivity index (χ1) is 9.19. The molecule has 1 N–H and O–H groups in total. The number of carbonyl (C=O) groups is 1. The maximum absolute atomic E-state index is 11.6. The summed E-state index contributed by atoms with van der Waals surface area (Å²) < 4.78 is 10.7. The van der Waals surface area contributed by atoms with E-state index < -0.39 is 5.91 Å². The van der Waals surface area contributed by atoms with E-state index in [4.69, 9.17) is 9.15 Å². The summed E-state index contributed by atoms with van der Waals surface area (Å²) >= 11 is 3.12. The van der Waals surface area contributed by atoms with Crippen molar-refractivity contribution in [3.05, 3.63) is 52.4 Å². The van der Waals surface area contributed by atoms with Crippen molar-refractivity contribution < 1.29 is 13.9 Å². The van der Waals surface area contributed by atoms with Crippen LogP contribution in [-0.2, 0) is 0 Å². The van der Waals surface area contributed by atoms with E-state index in [0.717, 1.165) is 11.3 Å². The average Bonchev–Trinajstić information content (AvgIpc) is 2.86. The number of rotatable bonds is 4. The number of hydrogen-bond donors (Lipinski definition) is 1. The molecule has 0 spiro atoms. The molecule has 1 amide bonds. The van der Waals surface area contributed by atoms with E-state index in [1.165, 1.54) is 6.21 Å². The van der Waals surface area contributed by atoms with E-state index in [0.29, 0.717) is 4.67 Å². The van der Waals surface area contributed by atoms with Crippen LogP contribution in [0, 0.1) is 0 Å². The number of nitrogens with one attached hydrogen (secondary N) is 1. The minimum absolute atomic E-state index is 0.190. The highest BCUT2D eigenvalue weighted by molar-refractivity contribution is 9.10. The van der Waals surface area contributed by atoms with Crippen molar-refractivity contribution >= 4 is 28.1 Å². The normalized spacial score (nSPS) is 10.6. The molecule has 0 aliphatic heterocycles. The fourth-order valence-corrected chi connectivity index (χ4v) is 1.69. The molecular weight excluding hydrogens is 312 g/mol. The van der Waals surface area contributed by atoms with Crippen LogP contribution in [0.5, 0.6) is 5.75 Å². The monoisotopic (exact) mass is 322 g/mol. The molecule has 19 heavy (non-hydrogen) atoms. The SMILES string of the molecule is COc1cccc(C=NNC(=O)c2ccc(Br)o2)c1. The molecule has 0 saturated carbocycles. The number of ether oxygens (including phenoxy) is 1. The van der Waals surface area contributed by atoms with Gasteiger partial charge in [0.1, 0.15) is 5.75 Å². The third kappa shape index (κ3) is 3.69. The maximum Gasteiger partial charge on any atom is 0.307 e. The minimum atomic E-state index is -0.412. The summed E-state index contributed by atoms with van der Waals surface area (Å²) in [5.74, 6) is 0.504. The molecule has 0 atom stereocenters. The van der Waals surface area contributed by atoms with Crippen molar-refractivity contribution in [2.24, 2.45) is 5.10 Å². The van der Waals surface area contributed by atoms with E-state index >= 15 is 0 Å². The Kier molecular flexibility index (Phi) is 4.35. The first-order valence-electron chi connectivity index (χ1n) is 5.42. The van der Waals surface area contributed by atoms with Crippen LogP contribution in [0.3, 0.4) is 0 Å². The van der Waals surface area contributed by atoms with Gasteiger partial charge < -0.3 is 9.15 Å². The quantitative estimate of drug-likeness (QED) is 0.695. The second-order valence-electron chi connectivity index (χ2n) is 3.58. The fourth-order valence-electron chi connectivity index (χ4n) is 1.38. The molecule has 98 valence electrons. The van der Waals surface area contributed by atoms with Gasteiger partial charge in [0, 0.05) is 0 Å². The molecule has 6 heteroatoms. The number of amides is 1. The van der Waals surface area contributed by atoms with Gasteiger partial charge in [-0.15, -0.1) is 0 Å². The molecule has 0 aliphatic rings. The third-order valence-electron chi connectivity index (χ3n) is 2.27. The second kappa shape index (κ2) is 6.19. The zero-order valence-electron chi connectivity index (χ0n) is 10.1. The molecule has 0 unspecified atom stereocenters. The van der Waals surface area contributed by atoms with Crippen molar-refractivity contribution in [1.29, 1.82) is 0 Å². The summed E-state index contributed by atoms with van der Waals surface area (Å²) in [5.41, 5.74) is 3.19. The number of methoxy groups -OCH3 is 1. The number of hydrazone groups is 1. The second-order valence-corrected chi connectivity index (χ2v) is 4.36. The lowest BCUT2D eigenvalue weighted by Gasteiger charge is -1.99. The van der Waals surface area contributed by atoms with Crippen molar-refractivity contribution in [3.8, 4) is 5.75 Å². The van der Waals surface area contributed by atoms with Crippen LogP contribution in [0.1, 0.15) is 16.1 Å².